The fourth-order valence-electron chi connectivity index (χ4n) is 6.73. The Hall–Kier alpha value is -7.41. The van der Waals surface area contributed by atoms with Gasteiger partial charge in [0.1, 0.15) is 0 Å². The Morgan fingerprint density at radius 1 is 0.277 bits per heavy atom. The molecule has 3 saturated heterocycles. The summed E-state index contributed by atoms with van der Waals surface area (Å²) in [6, 6.07) is 45.9. The molecule has 19 heteroatoms. The predicted octanol–water partition coefficient (Wildman–Crippen LogP) is 12.9. The van der Waals surface area contributed by atoms with Gasteiger partial charge in [-0.15, -0.1) is 34.2 Å². The molecule has 0 atom stereocenters. The topological polar surface area (TPSA) is 215 Å². The third-order valence-electron chi connectivity index (χ3n) is 10.6. The van der Waals surface area contributed by atoms with Crippen LogP contribution < -0.4 is 29.9 Å². The van der Waals surface area contributed by atoms with Crippen molar-refractivity contribution in [2.75, 3.05) is 67.8 Å². The maximum Gasteiger partial charge on any atom is 4.00 e. The molecule has 0 N–H and O–H groups in total. The van der Waals surface area contributed by atoms with Crippen LogP contribution in [0.25, 0.3) is 10.6 Å². The van der Waals surface area contributed by atoms with Gasteiger partial charge in [-0.1, -0.05) is 109 Å². The number of aliphatic imine (C=N–C) groups is 6. The van der Waals surface area contributed by atoms with Gasteiger partial charge in [-0.3, -0.25) is 30.0 Å². The molecule has 9 heterocycles. The summed E-state index contributed by atoms with van der Waals surface area (Å²) in [5.74, 6) is 0. The van der Waals surface area contributed by atoms with E-state index in [2.05, 4.69) is 70.5 Å². The summed E-state index contributed by atoms with van der Waals surface area (Å²) >= 11 is 0. The van der Waals surface area contributed by atoms with Crippen LogP contribution in [-0.2, 0) is 57.6 Å². The monoisotopic (exact) mass is 1180 g/mol. The van der Waals surface area contributed by atoms with E-state index in [-0.39, 0.29) is 43.4 Å². The van der Waals surface area contributed by atoms with Gasteiger partial charge >= 0.3 is 43.4 Å². The van der Waals surface area contributed by atoms with Gasteiger partial charge in [-0.25, -0.2) is 0 Å². The first-order chi connectivity index (χ1) is 40.1. The number of nitrogens with zero attached hydrogens (tertiary/aromatic N) is 14. The summed E-state index contributed by atoms with van der Waals surface area (Å²) in [6.45, 7) is 6.00. The molecule has 83 heavy (non-hydrogen) atoms. The van der Waals surface area contributed by atoms with Crippen LogP contribution in [-0.4, -0.2) is 105 Å². The predicted molar refractivity (Wildman–Crippen MR) is 332 cm³/mol. The van der Waals surface area contributed by atoms with Crippen molar-refractivity contribution in [2.45, 2.75) is 38.5 Å². The Balaban J connectivity index is 0.000000274. The number of aromatic nitrogens is 6. The Labute approximate surface area is 519 Å². The third kappa shape index (κ3) is 31.0. The second kappa shape index (κ2) is 46.1. The van der Waals surface area contributed by atoms with Crippen LogP contribution in [0.2, 0.25) is 0 Å². The van der Waals surface area contributed by atoms with Gasteiger partial charge in [0.15, 0.2) is 0 Å². The average molecular weight is 1180 g/mol. The molecule has 0 saturated carbocycles. The molecule has 9 aromatic rings. The van der Waals surface area contributed by atoms with Crippen molar-refractivity contribution >= 4 is 71.4 Å². The molecular weight excluding hydrogens is 1110 g/mol. The van der Waals surface area contributed by atoms with E-state index < -0.39 is 0 Å². The maximum absolute atomic E-state index is 4.94. The second-order valence-corrected chi connectivity index (χ2v) is 17.2. The van der Waals surface area contributed by atoms with Crippen molar-refractivity contribution in [1.82, 2.24) is 29.9 Å². The molecule has 17 nitrogen and oxygen atoms in total. The minimum atomic E-state index is 0. The Morgan fingerprint density at radius 2 is 0.434 bits per heavy atom. The summed E-state index contributed by atoms with van der Waals surface area (Å²) in [6.07, 6.45) is 28.5. The van der Waals surface area contributed by atoms with Gasteiger partial charge < -0.3 is 54.7 Å². The van der Waals surface area contributed by atoms with Crippen molar-refractivity contribution in [2.24, 2.45) is 30.0 Å². The Bertz CT molecular complexity index is 2530. The second-order valence-electron chi connectivity index (χ2n) is 17.2. The van der Waals surface area contributed by atoms with Gasteiger partial charge in [0, 0.05) is 76.9 Å². The molecule has 0 radical (unpaired) electrons. The van der Waals surface area contributed by atoms with Crippen molar-refractivity contribution in [3.05, 3.63) is 228 Å². The van der Waals surface area contributed by atoms with Gasteiger partial charge in [0.05, 0.1) is 34.1 Å². The number of para-hydroxylation sites is 6. The van der Waals surface area contributed by atoms with Gasteiger partial charge in [0.2, 0.25) is 0 Å². The zero-order valence-electron chi connectivity index (χ0n) is 47.8. The largest absolute Gasteiger partial charge is 4.00 e. The molecule has 3 aliphatic rings. The minimum Gasteiger partial charge on any atom is -0.668 e. The molecular formula is C64H72N14O3Ti2. The van der Waals surface area contributed by atoms with Crippen LogP contribution in [0.15, 0.2) is 213 Å². The van der Waals surface area contributed by atoms with Crippen molar-refractivity contribution in [3.8, 4) is 0 Å². The zero-order valence-corrected chi connectivity index (χ0v) is 50.9. The van der Waals surface area contributed by atoms with E-state index in [1.165, 1.54) is 38.5 Å². The van der Waals surface area contributed by atoms with Crippen LogP contribution in [0, 0.1) is 0 Å². The molecule has 6 aromatic heterocycles. The first kappa shape index (κ1) is 69.9. The van der Waals surface area contributed by atoms with Gasteiger partial charge in [-0.05, 0) is 74.9 Å². The molecule has 0 amide bonds. The number of hydrogen-bond donors (Lipinski definition) is 0. The molecule has 0 spiro atoms. The molecule has 3 fully saturated rings. The molecule has 0 unspecified atom stereocenters. The molecule has 0 bridgehead atoms. The SMILES string of the molecule is C(=Nc1ccccc1N=Cc1ccc[n-]1)c1ccc[n-]1.C(=Nc1ccccc1N=Cc1ccc[n-]1)c1ccc[n-]1.C(=Nc1ccccc1N=Cc1ccc[n-]1)c1ccc[n-]1.C1CCOC1.C1CCOC1.C1CCOC1.C[N-]C.C[N-]C.[Ti+4].[Ti+4]. The molecule has 3 aromatic carbocycles. The fourth-order valence-corrected chi connectivity index (χ4v) is 6.73. The molecule has 0 aliphatic carbocycles. The number of rotatable bonds is 12. The van der Waals surface area contributed by atoms with E-state index in [0.29, 0.717) is 0 Å². The number of benzene rings is 3. The summed E-state index contributed by atoms with van der Waals surface area (Å²) in [5, 5.41) is 7.00. The zero-order chi connectivity index (χ0) is 56.9. The van der Waals surface area contributed by atoms with Crippen LogP contribution in [0.5, 0.6) is 0 Å². The van der Waals surface area contributed by atoms with Crippen molar-refractivity contribution in [3.63, 3.8) is 0 Å². The van der Waals surface area contributed by atoms with Crippen LogP contribution in [0.1, 0.15) is 72.7 Å². The van der Waals surface area contributed by atoms with E-state index in [4.69, 9.17) is 14.2 Å². The van der Waals surface area contributed by atoms with Crippen LogP contribution >= 0.6 is 0 Å². The first-order valence-electron chi connectivity index (χ1n) is 26.7. The standard InChI is InChI=1S/3C16H12N4.3C4H8O.2C2H6N.2Ti/c3*1-2-8-16(20-12-14-6-4-10-18-14)15(7-1)19-11-13-5-3-9-17-13;3*1-2-4-5-3-1;2*1-3-2;;/h3*1-12H;3*1-4H2;2*1-2H3;;/q3*-2;;;;2*-1;2*+4. The first-order valence-corrected chi connectivity index (χ1v) is 26.7. The number of ether oxygens (including phenoxy) is 3. The quantitative estimate of drug-likeness (QED) is 0.0839. The fraction of sp³-hybridized carbons (Fsp3) is 0.250. The normalized spacial score (nSPS) is 13.2. The summed E-state index contributed by atoms with van der Waals surface area (Å²) in [4.78, 5) is 51.5. The van der Waals surface area contributed by atoms with Crippen LogP contribution in [0.4, 0.5) is 34.1 Å². The van der Waals surface area contributed by atoms with Crippen molar-refractivity contribution < 1.29 is 57.6 Å². The summed E-state index contributed by atoms with van der Waals surface area (Å²) in [5.41, 5.74) is 9.83. The molecule has 12 rings (SSSR count). The van der Waals surface area contributed by atoms with Crippen molar-refractivity contribution in [1.29, 1.82) is 0 Å². The van der Waals surface area contributed by atoms with Gasteiger partial charge in [-0.2, -0.15) is 65.4 Å². The number of hydrogen-bond acceptors (Lipinski definition) is 9. The Morgan fingerprint density at radius 3 is 0.542 bits per heavy atom. The minimum absolute atomic E-state index is 0. The maximum atomic E-state index is 4.94. The smallest absolute Gasteiger partial charge is 0.668 e. The molecule has 3 aliphatic heterocycles. The summed E-state index contributed by atoms with van der Waals surface area (Å²) in [7, 11) is 7.00. The van der Waals surface area contributed by atoms with E-state index in [9.17, 15) is 0 Å². The van der Waals surface area contributed by atoms with E-state index in [1.807, 2.05) is 146 Å². The van der Waals surface area contributed by atoms with E-state index >= 15 is 0 Å². The Kier molecular flexibility index (Phi) is 38.8. The molecule has 424 valence electrons. The third-order valence-corrected chi connectivity index (χ3v) is 10.6. The van der Waals surface area contributed by atoms with Gasteiger partial charge in [0.25, 0.3) is 0 Å². The van der Waals surface area contributed by atoms with E-state index in [0.717, 1.165) is 108 Å². The van der Waals surface area contributed by atoms with E-state index in [1.54, 1.807) is 103 Å². The summed E-state index contributed by atoms with van der Waals surface area (Å²) < 4.78 is 14.8. The average Bonchev–Trinajstić information content (AvgIpc) is 4.36. The van der Waals surface area contributed by atoms with Crippen LogP contribution in [0.3, 0.4) is 0 Å².